The fourth-order valence-corrected chi connectivity index (χ4v) is 3.77. The number of rotatable bonds is 5. The molecule has 146 valence electrons. The van der Waals surface area contributed by atoms with Crippen LogP contribution in [0.25, 0.3) is 16.8 Å². The molecule has 1 aromatic carbocycles. The van der Waals surface area contributed by atoms with Gasteiger partial charge in [-0.3, -0.25) is 9.38 Å². The third kappa shape index (κ3) is 3.88. The maximum atomic E-state index is 12.5. The van der Waals surface area contributed by atoms with Gasteiger partial charge in [-0.2, -0.15) is 13.5 Å². The number of imidazole rings is 1. The Morgan fingerprint density at radius 3 is 2.66 bits per heavy atom. The van der Waals surface area contributed by atoms with Gasteiger partial charge in [0.05, 0.1) is 23.0 Å². The van der Waals surface area contributed by atoms with E-state index in [4.69, 9.17) is 0 Å². The first-order valence-corrected chi connectivity index (χ1v) is 10.4. The Morgan fingerprint density at radius 2 is 1.90 bits per heavy atom. The highest BCUT2D eigenvalue weighted by Crippen LogP contribution is 2.19. The Kier molecular flexibility index (Phi) is 4.85. The molecule has 0 fully saturated rings. The predicted octanol–water partition coefficient (Wildman–Crippen LogP) is 3.33. The molecule has 0 saturated heterocycles. The molecular weight excluding hydrogens is 386 g/mol. The number of fused-ring (bicyclic) bond motifs is 1. The van der Waals surface area contributed by atoms with Crippen LogP contribution < -0.4 is 4.83 Å². The summed E-state index contributed by atoms with van der Waals surface area (Å²) in [5, 5.41) is 3.93. The molecule has 0 saturated carbocycles. The zero-order valence-electron chi connectivity index (χ0n) is 15.9. The van der Waals surface area contributed by atoms with E-state index < -0.39 is 10.0 Å². The van der Waals surface area contributed by atoms with Crippen LogP contribution in [0.15, 0.2) is 77.2 Å². The van der Waals surface area contributed by atoms with E-state index in [1.807, 2.05) is 48.7 Å². The number of hydrogen-bond donors (Lipinski definition) is 1. The van der Waals surface area contributed by atoms with Crippen molar-refractivity contribution in [1.82, 2.24) is 19.2 Å². The maximum absolute atomic E-state index is 12.5. The number of hydrogen-bond acceptors (Lipinski definition) is 5. The van der Waals surface area contributed by atoms with Crippen LogP contribution in [-0.2, 0) is 10.0 Å². The van der Waals surface area contributed by atoms with Crippen LogP contribution in [0.5, 0.6) is 0 Å². The van der Waals surface area contributed by atoms with E-state index in [1.54, 1.807) is 36.8 Å². The van der Waals surface area contributed by atoms with E-state index in [-0.39, 0.29) is 4.90 Å². The van der Waals surface area contributed by atoms with Crippen molar-refractivity contribution >= 4 is 21.9 Å². The van der Waals surface area contributed by atoms with Crippen LogP contribution in [0, 0.1) is 13.8 Å². The summed E-state index contributed by atoms with van der Waals surface area (Å²) < 4.78 is 26.8. The molecule has 29 heavy (non-hydrogen) atoms. The molecule has 4 aromatic rings. The average molecular weight is 405 g/mol. The van der Waals surface area contributed by atoms with Crippen LogP contribution in [0.3, 0.4) is 0 Å². The summed E-state index contributed by atoms with van der Waals surface area (Å²) >= 11 is 0. The zero-order chi connectivity index (χ0) is 20.4. The maximum Gasteiger partial charge on any atom is 0.276 e. The summed E-state index contributed by atoms with van der Waals surface area (Å²) in [5.74, 6) is 0. The molecule has 3 aromatic heterocycles. The highest BCUT2D eigenvalue weighted by Gasteiger charge is 2.13. The third-order valence-electron chi connectivity index (χ3n) is 4.69. The van der Waals surface area contributed by atoms with Gasteiger partial charge in [-0.15, -0.1) is 0 Å². The molecule has 0 radical (unpaired) electrons. The van der Waals surface area contributed by atoms with Gasteiger partial charge >= 0.3 is 0 Å². The minimum absolute atomic E-state index is 0.176. The van der Waals surface area contributed by atoms with E-state index in [0.29, 0.717) is 5.69 Å². The smallest absolute Gasteiger partial charge is 0.276 e. The molecular formula is C21H19N5O2S. The Hall–Kier alpha value is -3.52. The van der Waals surface area contributed by atoms with Crippen molar-refractivity contribution in [3.63, 3.8) is 0 Å². The van der Waals surface area contributed by atoms with E-state index in [9.17, 15) is 8.42 Å². The minimum Gasteiger partial charge on any atom is -0.298 e. The zero-order valence-corrected chi connectivity index (χ0v) is 16.8. The van der Waals surface area contributed by atoms with Crippen molar-refractivity contribution in [3.8, 4) is 11.1 Å². The Bertz CT molecular complexity index is 1310. The summed E-state index contributed by atoms with van der Waals surface area (Å²) in [7, 11) is -3.74. The second-order valence-electron chi connectivity index (χ2n) is 6.67. The summed E-state index contributed by atoms with van der Waals surface area (Å²) in [6, 6.07) is 12.7. The van der Waals surface area contributed by atoms with Crippen molar-refractivity contribution < 1.29 is 8.42 Å². The van der Waals surface area contributed by atoms with Gasteiger partial charge in [-0.1, -0.05) is 12.1 Å². The lowest BCUT2D eigenvalue weighted by Crippen LogP contribution is -2.18. The number of aryl methyl sites for hydroxylation is 2. The summed E-state index contributed by atoms with van der Waals surface area (Å²) in [4.78, 5) is 10.9. The van der Waals surface area contributed by atoms with Crippen LogP contribution >= 0.6 is 0 Å². The van der Waals surface area contributed by atoms with Crippen LogP contribution in [0.1, 0.15) is 16.8 Å². The molecule has 4 rings (SSSR count). The molecule has 0 spiro atoms. The van der Waals surface area contributed by atoms with Gasteiger partial charge in [-0.05, 0) is 55.3 Å². The average Bonchev–Trinajstić information content (AvgIpc) is 3.13. The van der Waals surface area contributed by atoms with Gasteiger partial charge in [-0.25, -0.2) is 9.82 Å². The van der Waals surface area contributed by atoms with Gasteiger partial charge in [0.25, 0.3) is 10.0 Å². The van der Waals surface area contributed by atoms with Crippen LogP contribution in [-0.4, -0.2) is 29.0 Å². The van der Waals surface area contributed by atoms with Crippen LogP contribution in [0.2, 0.25) is 0 Å². The lowest BCUT2D eigenvalue weighted by molar-refractivity contribution is 0.584. The molecule has 8 heteroatoms. The van der Waals surface area contributed by atoms with Crippen LogP contribution in [0.4, 0.5) is 0 Å². The number of nitrogens with one attached hydrogen (secondary N) is 1. The fraction of sp³-hybridized carbons (Fsp3) is 0.0952. The fourth-order valence-electron chi connectivity index (χ4n) is 2.89. The first kappa shape index (κ1) is 18.8. The Morgan fingerprint density at radius 1 is 1.03 bits per heavy atom. The number of nitrogens with zero attached hydrogens (tertiary/aromatic N) is 4. The molecule has 0 aliphatic rings. The summed E-state index contributed by atoms with van der Waals surface area (Å²) in [6.45, 7) is 3.80. The summed E-state index contributed by atoms with van der Waals surface area (Å²) in [6.07, 6.45) is 8.49. The molecule has 0 aliphatic heterocycles. The van der Waals surface area contributed by atoms with E-state index in [2.05, 4.69) is 19.9 Å². The standard InChI is InChI=1S/C21H19N5O2S/c1-15-5-7-20(10-16(15)2)29(27,28)25-24-13-19-12-23-21-8-6-18(14-26(19)21)17-4-3-9-22-11-17/h3-14,25H,1-2H3. The van der Waals surface area contributed by atoms with Crippen molar-refractivity contribution in [3.05, 3.63) is 84.1 Å². The third-order valence-corrected chi connectivity index (χ3v) is 5.91. The highest BCUT2D eigenvalue weighted by atomic mass is 32.2. The summed E-state index contributed by atoms with van der Waals surface area (Å²) in [5.41, 5.74) is 5.25. The SMILES string of the molecule is Cc1ccc(S(=O)(=O)NN=Cc2cnc3ccc(-c4cccnc4)cn23)cc1C. The molecule has 0 bridgehead atoms. The Labute approximate surface area is 168 Å². The molecule has 0 amide bonds. The molecule has 0 atom stereocenters. The van der Waals surface area contributed by atoms with Gasteiger partial charge in [0.15, 0.2) is 0 Å². The van der Waals surface area contributed by atoms with E-state index >= 15 is 0 Å². The van der Waals surface area contributed by atoms with Gasteiger partial charge in [0.1, 0.15) is 5.65 Å². The van der Waals surface area contributed by atoms with Crippen molar-refractivity contribution in [2.45, 2.75) is 18.7 Å². The van der Waals surface area contributed by atoms with Crippen molar-refractivity contribution in [2.24, 2.45) is 5.10 Å². The number of aromatic nitrogens is 3. The first-order chi connectivity index (χ1) is 13.9. The monoisotopic (exact) mass is 405 g/mol. The molecule has 0 aliphatic carbocycles. The largest absolute Gasteiger partial charge is 0.298 e. The van der Waals surface area contributed by atoms with Crippen molar-refractivity contribution in [1.29, 1.82) is 0 Å². The number of hydrazone groups is 1. The predicted molar refractivity (Wildman–Crippen MR) is 112 cm³/mol. The molecule has 3 heterocycles. The highest BCUT2D eigenvalue weighted by molar-refractivity contribution is 7.89. The molecule has 7 nitrogen and oxygen atoms in total. The normalized spacial score (nSPS) is 11.9. The Balaban J connectivity index is 1.60. The number of benzene rings is 1. The quantitative estimate of drug-likeness (QED) is 0.407. The van der Waals surface area contributed by atoms with Gasteiger partial charge < -0.3 is 0 Å². The topological polar surface area (TPSA) is 88.7 Å². The number of sulfonamides is 1. The lowest BCUT2D eigenvalue weighted by atomic mass is 10.1. The lowest BCUT2D eigenvalue weighted by Gasteiger charge is -2.06. The molecule has 0 unspecified atom stereocenters. The van der Waals surface area contributed by atoms with Gasteiger partial charge in [0.2, 0.25) is 0 Å². The number of pyridine rings is 2. The first-order valence-electron chi connectivity index (χ1n) is 8.94. The van der Waals surface area contributed by atoms with E-state index in [0.717, 1.165) is 27.9 Å². The second kappa shape index (κ2) is 7.48. The minimum atomic E-state index is -3.74. The second-order valence-corrected chi connectivity index (χ2v) is 8.33. The van der Waals surface area contributed by atoms with Crippen molar-refractivity contribution in [2.75, 3.05) is 0 Å². The molecule has 1 N–H and O–H groups in total. The van der Waals surface area contributed by atoms with E-state index in [1.165, 1.54) is 6.21 Å². The van der Waals surface area contributed by atoms with Gasteiger partial charge in [0, 0.05) is 29.7 Å².